The van der Waals surface area contributed by atoms with Crippen molar-refractivity contribution >= 4 is 0 Å². The topological polar surface area (TPSA) is 44.5 Å². The first-order chi connectivity index (χ1) is 9.22. The van der Waals surface area contributed by atoms with Crippen LogP contribution in [0.15, 0.2) is 48.5 Å². The van der Waals surface area contributed by atoms with Gasteiger partial charge in [0.2, 0.25) is 0 Å². The molecule has 2 N–H and O–H groups in total. The largest absolute Gasteiger partial charge is 0.496 e. The molecule has 0 spiro atoms. The van der Waals surface area contributed by atoms with Gasteiger partial charge in [-0.25, -0.2) is 0 Å². The Balaban J connectivity index is 2.20. The van der Waals surface area contributed by atoms with Crippen LogP contribution in [-0.4, -0.2) is 7.11 Å². The van der Waals surface area contributed by atoms with Gasteiger partial charge in [0, 0.05) is 6.04 Å². The van der Waals surface area contributed by atoms with Crippen molar-refractivity contribution in [1.82, 2.24) is 0 Å². The Morgan fingerprint density at radius 3 is 2.32 bits per heavy atom. The van der Waals surface area contributed by atoms with Crippen LogP contribution >= 0.6 is 0 Å². The number of nitrogens with two attached hydrogens (primary N) is 1. The Morgan fingerprint density at radius 2 is 1.68 bits per heavy atom. The first-order valence-corrected chi connectivity index (χ1v) is 6.31. The summed E-state index contributed by atoms with van der Waals surface area (Å²) in [6, 6.07) is 15.6. The Labute approximate surface area is 114 Å². The summed E-state index contributed by atoms with van der Waals surface area (Å²) in [5, 5.41) is 0. The summed E-state index contributed by atoms with van der Waals surface area (Å²) in [5.41, 5.74) is 8.03. The molecule has 2 aromatic carbocycles. The summed E-state index contributed by atoms with van der Waals surface area (Å²) < 4.78 is 11.2. The van der Waals surface area contributed by atoms with Gasteiger partial charge in [-0.2, -0.15) is 0 Å². The molecule has 0 aliphatic rings. The normalized spacial score (nSPS) is 11.9. The third-order valence-corrected chi connectivity index (χ3v) is 2.94. The Kier molecular flexibility index (Phi) is 4.42. The summed E-state index contributed by atoms with van der Waals surface area (Å²) in [6.45, 7) is 2.45. The number of hydrogen-bond donors (Lipinski definition) is 1. The molecule has 3 nitrogen and oxygen atoms in total. The molecule has 0 aromatic heterocycles. The first kappa shape index (κ1) is 13.4. The fourth-order valence-corrected chi connectivity index (χ4v) is 2.01. The lowest BCUT2D eigenvalue weighted by Gasteiger charge is -2.17. The van der Waals surface area contributed by atoms with Gasteiger partial charge >= 0.3 is 0 Å². The third-order valence-electron chi connectivity index (χ3n) is 2.94. The van der Waals surface area contributed by atoms with Crippen LogP contribution in [0.3, 0.4) is 0 Å². The molecule has 19 heavy (non-hydrogen) atoms. The molecule has 2 aromatic rings. The van der Waals surface area contributed by atoms with Gasteiger partial charge in [-0.15, -0.1) is 0 Å². The summed E-state index contributed by atoms with van der Waals surface area (Å²) in [7, 11) is 1.64. The second kappa shape index (κ2) is 6.25. The van der Waals surface area contributed by atoms with Gasteiger partial charge in [0.05, 0.1) is 12.7 Å². The van der Waals surface area contributed by atoms with E-state index in [2.05, 4.69) is 0 Å². The van der Waals surface area contributed by atoms with Crippen molar-refractivity contribution in [3.8, 4) is 11.5 Å². The molecule has 0 amide bonds. The SMILES string of the molecule is COc1cccc(OCc2ccccc2)c1C(C)N. The quantitative estimate of drug-likeness (QED) is 0.893. The van der Waals surface area contributed by atoms with Crippen LogP contribution in [-0.2, 0) is 6.61 Å². The van der Waals surface area contributed by atoms with E-state index in [0.29, 0.717) is 6.61 Å². The lowest BCUT2D eigenvalue weighted by molar-refractivity contribution is 0.297. The lowest BCUT2D eigenvalue weighted by atomic mass is 10.1. The molecular weight excluding hydrogens is 238 g/mol. The van der Waals surface area contributed by atoms with Crippen LogP contribution in [0.25, 0.3) is 0 Å². The van der Waals surface area contributed by atoms with Crippen molar-refractivity contribution in [2.75, 3.05) is 7.11 Å². The molecule has 1 atom stereocenters. The molecule has 0 aliphatic heterocycles. The minimum absolute atomic E-state index is 0.137. The third kappa shape index (κ3) is 3.26. The predicted octanol–water partition coefficient (Wildman–Crippen LogP) is 3.29. The zero-order valence-electron chi connectivity index (χ0n) is 11.3. The Hall–Kier alpha value is -2.00. The maximum absolute atomic E-state index is 6.00. The van der Waals surface area contributed by atoms with Gasteiger partial charge in [0.1, 0.15) is 18.1 Å². The van der Waals surface area contributed by atoms with E-state index in [1.54, 1.807) is 7.11 Å². The van der Waals surface area contributed by atoms with Crippen LogP contribution in [0.5, 0.6) is 11.5 Å². The molecule has 0 aliphatic carbocycles. The van der Waals surface area contributed by atoms with Gasteiger partial charge in [0.25, 0.3) is 0 Å². The van der Waals surface area contributed by atoms with Crippen LogP contribution in [0.4, 0.5) is 0 Å². The fourth-order valence-electron chi connectivity index (χ4n) is 2.01. The zero-order valence-corrected chi connectivity index (χ0v) is 11.3. The molecule has 0 radical (unpaired) electrons. The smallest absolute Gasteiger partial charge is 0.128 e. The van der Waals surface area contributed by atoms with Crippen molar-refractivity contribution in [1.29, 1.82) is 0 Å². The molecule has 100 valence electrons. The minimum Gasteiger partial charge on any atom is -0.496 e. The molecule has 0 fully saturated rings. The van der Waals surface area contributed by atoms with E-state index >= 15 is 0 Å². The van der Waals surface area contributed by atoms with Crippen LogP contribution in [0.1, 0.15) is 24.1 Å². The highest BCUT2D eigenvalue weighted by molar-refractivity contribution is 5.46. The van der Waals surface area contributed by atoms with E-state index in [1.165, 1.54) is 0 Å². The van der Waals surface area contributed by atoms with Crippen molar-refractivity contribution in [3.63, 3.8) is 0 Å². The highest BCUT2D eigenvalue weighted by Gasteiger charge is 2.14. The molecule has 0 saturated carbocycles. The van der Waals surface area contributed by atoms with E-state index in [1.807, 2.05) is 55.5 Å². The minimum atomic E-state index is -0.137. The second-order valence-electron chi connectivity index (χ2n) is 4.44. The Bertz CT molecular complexity index is 524. The number of ether oxygens (including phenoxy) is 2. The second-order valence-corrected chi connectivity index (χ2v) is 4.44. The fraction of sp³-hybridized carbons (Fsp3) is 0.250. The molecule has 3 heteroatoms. The van der Waals surface area contributed by atoms with E-state index < -0.39 is 0 Å². The maximum atomic E-state index is 6.00. The number of hydrogen-bond acceptors (Lipinski definition) is 3. The lowest BCUT2D eigenvalue weighted by Crippen LogP contribution is -2.10. The van der Waals surface area contributed by atoms with Gasteiger partial charge < -0.3 is 15.2 Å². The van der Waals surface area contributed by atoms with Crippen molar-refractivity contribution in [2.45, 2.75) is 19.6 Å². The van der Waals surface area contributed by atoms with Crippen LogP contribution in [0.2, 0.25) is 0 Å². The van der Waals surface area contributed by atoms with Gasteiger partial charge in [-0.1, -0.05) is 36.4 Å². The van der Waals surface area contributed by atoms with E-state index in [4.69, 9.17) is 15.2 Å². The van der Waals surface area contributed by atoms with E-state index in [9.17, 15) is 0 Å². The van der Waals surface area contributed by atoms with Gasteiger partial charge in [-0.05, 0) is 24.6 Å². The van der Waals surface area contributed by atoms with Gasteiger partial charge in [-0.3, -0.25) is 0 Å². The van der Waals surface area contributed by atoms with Crippen molar-refractivity contribution in [2.24, 2.45) is 5.73 Å². The molecule has 2 rings (SSSR count). The standard InChI is InChI=1S/C16H19NO2/c1-12(17)16-14(18-2)9-6-10-15(16)19-11-13-7-4-3-5-8-13/h3-10,12H,11,17H2,1-2H3. The van der Waals surface area contributed by atoms with Gasteiger partial charge in [0.15, 0.2) is 0 Å². The van der Waals surface area contributed by atoms with Crippen molar-refractivity contribution in [3.05, 3.63) is 59.7 Å². The molecule has 0 bridgehead atoms. The number of benzene rings is 2. The first-order valence-electron chi connectivity index (χ1n) is 6.31. The monoisotopic (exact) mass is 257 g/mol. The summed E-state index contributed by atoms with van der Waals surface area (Å²) >= 11 is 0. The Morgan fingerprint density at radius 1 is 1.00 bits per heavy atom. The molecule has 0 heterocycles. The number of rotatable bonds is 5. The zero-order chi connectivity index (χ0) is 13.7. The number of methoxy groups -OCH3 is 1. The van der Waals surface area contributed by atoms with Crippen LogP contribution in [0, 0.1) is 0 Å². The highest BCUT2D eigenvalue weighted by atomic mass is 16.5. The summed E-state index contributed by atoms with van der Waals surface area (Å²) in [6.07, 6.45) is 0. The van der Waals surface area contributed by atoms with Crippen LogP contribution < -0.4 is 15.2 Å². The maximum Gasteiger partial charge on any atom is 0.128 e. The average Bonchev–Trinajstić information content (AvgIpc) is 2.45. The highest BCUT2D eigenvalue weighted by Crippen LogP contribution is 2.33. The molecular formula is C16H19NO2. The summed E-state index contributed by atoms with van der Waals surface area (Å²) in [5.74, 6) is 1.54. The van der Waals surface area contributed by atoms with E-state index in [0.717, 1.165) is 22.6 Å². The molecule has 0 saturated heterocycles. The average molecular weight is 257 g/mol. The predicted molar refractivity (Wildman–Crippen MR) is 76.4 cm³/mol. The van der Waals surface area contributed by atoms with E-state index in [-0.39, 0.29) is 6.04 Å². The molecule has 1 unspecified atom stereocenters. The van der Waals surface area contributed by atoms with Crippen molar-refractivity contribution < 1.29 is 9.47 Å². The summed E-state index contributed by atoms with van der Waals surface area (Å²) in [4.78, 5) is 0.